The second-order valence-corrected chi connectivity index (χ2v) is 8.90. The fourth-order valence-electron chi connectivity index (χ4n) is 1.51. The van der Waals surface area contributed by atoms with E-state index in [1.54, 1.807) is 6.92 Å². The molecule has 0 unspecified atom stereocenters. The Bertz CT molecular complexity index is 699. The lowest BCUT2D eigenvalue weighted by atomic mass is 10.2. The predicted octanol–water partition coefficient (Wildman–Crippen LogP) is 0.944. The Labute approximate surface area is 124 Å². The van der Waals surface area contributed by atoms with Gasteiger partial charge in [-0.15, -0.1) is 0 Å². The molecule has 0 saturated carbocycles. The summed E-state index contributed by atoms with van der Waals surface area (Å²) >= 11 is 5.79. The summed E-state index contributed by atoms with van der Waals surface area (Å²) in [6, 6.07) is 2.74. The lowest BCUT2D eigenvalue weighted by Crippen LogP contribution is -2.30. The molecule has 20 heavy (non-hydrogen) atoms. The standard InChI is InChI=1S/C11H17ClN2O4S2/c1-3-19(15,16)5-4-14-20(17,18)11-7-9(12)6-10(13)8(11)2/h6-7,14H,3-5,13H2,1-2H3. The number of anilines is 1. The van der Waals surface area contributed by atoms with Crippen LogP contribution in [-0.4, -0.2) is 34.9 Å². The van der Waals surface area contributed by atoms with Crippen molar-refractivity contribution < 1.29 is 16.8 Å². The molecule has 1 aromatic rings. The molecule has 114 valence electrons. The normalized spacial score (nSPS) is 12.6. The third kappa shape index (κ3) is 4.34. The Kier molecular flexibility index (Phi) is 5.42. The van der Waals surface area contributed by atoms with Gasteiger partial charge < -0.3 is 5.73 Å². The molecule has 0 aliphatic rings. The number of hydrogen-bond donors (Lipinski definition) is 2. The quantitative estimate of drug-likeness (QED) is 0.750. The largest absolute Gasteiger partial charge is 0.398 e. The Hall–Kier alpha value is -0.830. The van der Waals surface area contributed by atoms with Gasteiger partial charge in [0.05, 0.1) is 10.6 Å². The summed E-state index contributed by atoms with van der Waals surface area (Å²) in [5.41, 5.74) is 6.30. The van der Waals surface area contributed by atoms with Crippen LogP contribution in [0.1, 0.15) is 12.5 Å². The van der Waals surface area contributed by atoms with Crippen molar-refractivity contribution in [1.82, 2.24) is 4.72 Å². The molecule has 0 spiro atoms. The van der Waals surface area contributed by atoms with Gasteiger partial charge in [0.1, 0.15) is 0 Å². The summed E-state index contributed by atoms with van der Waals surface area (Å²) in [7, 11) is -7.07. The molecule has 0 aliphatic heterocycles. The number of sulfonamides is 1. The molecule has 0 atom stereocenters. The summed E-state index contributed by atoms with van der Waals surface area (Å²) in [6.45, 7) is 2.87. The van der Waals surface area contributed by atoms with Crippen LogP contribution in [0.25, 0.3) is 0 Å². The minimum absolute atomic E-state index is 0.0299. The van der Waals surface area contributed by atoms with Crippen LogP contribution in [0.2, 0.25) is 5.02 Å². The number of rotatable bonds is 6. The highest BCUT2D eigenvalue weighted by molar-refractivity contribution is 7.91. The van der Waals surface area contributed by atoms with Crippen molar-refractivity contribution >= 4 is 37.1 Å². The Balaban J connectivity index is 2.96. The van der Waals surface area contributed by atoms with E-state index in [2.05, 4.69) is 4.72 Å². The molecular formula is C11H17ClN2O4S2. The molecule has 0 heterocycles. The second-order valence-electron chi connectivity index (χ2n) is 4.25. The Morgan fingerprint density at radius 1 is 1.25 bits per heavy atom. The lowest BCUT2D eigenvalue weighted by molar-refractivity contribution is 0.580. The van der Waals surface area contributed by atoms with Gasteiger partial charge in [-0.2, -0.15) is 0 Å². The lowest BCUT2D eigenvalue weighted by Gasteiger charge is -2.11. The number of sulfone groups is 1. The summed E-state index contributed by atoms with van der Waals surface area (Å²) in [6.07, 6.45) is 0. The summed E-state index contributed by atoms with van der Waals surface area (Å²) in [5, 5.41) is 0.203. The molecule has 0 radical (unpaired) electrons. The molecule has 0 saturated heterocycles. The first kappa shape index (κ1) is 17.2. The molecule has 0 bridgehead atoms. The zero-order valence-corrected chi connectivity index (χ0v) is 13.6. The monoisotopic (exact) mass is 340 g/mol. The third-order valence-corrected chi connectivity index (χ3v) is 6.31. The van der Waals surface area contributed by atoms with Crippen LogP contribution in [0.3, 0.4) is 0 Å². The van der Waals surface area contributed by atoms with Gasteiger partial charge in [0.15, 0.2) is 9.84 Å². The van der Waals surface area contributed by atoms with E-state index < -0.39 is 19.9 Å². The fourth-order valence-corrected chi connectivity index (χ4v) is 3.96. The number of nitrogen functional groups attached to an aromatic ring is 1. The van der Waals surface area contributed by atoms with Gasteiger partial charge in [0, 0.05) is 23.0 Å². The predicted molar refractivity (Wildman–Crippen MR) is 80.1 cm³/mol. The van der Waals surface area contributed by atoms with Crippen LogP contribution >= 0.6 is 11.6 Å². The summed E-state index contributed by atoms with van der Waals surface area (Å²) < 4.78 is 49.1. The van der Waals surface area contributed by atoms with E-state index in [9.17, 15) is 16.8 Å². The first-order chi connectivity index (χ1) is 9.09. The van der Waals surface area contributed by atoms with Crippen LogP contribution in [0.4, 0.5) is 5.69 Å². The van der Waals surface area contributed by atoms with Crippen molar-refractivity contribution in [3.8, 4) is 0 Å². The Morgan fingerprint density at radius 3 is 2.40 bits per heavy atom. The van der Waals surface area contributed by atoms with Gasteiger partial charge in [0.2, 0.25) is 10.0 Å². The maximum absolute atomic E-state index is 12.1. The zero-order valence-electron chi connectivity index (χ0n) is 11.2. The van der Waals surface area contributed by atoms with Gasteiger partial charge in [-0.3, -0.25) is 0 Å². The van der Waals surface area contributed by atoms with Gasteiger partial charge in [-0.05, 0) is 24.6 Å². The van der Waals surface area contributed by atoms with Crippen molar-refractivity contribution in [2.45, 2.75) is 18.7 Å². The van der Waals surface area contributed by atoms with Crippen molar-refractivity contribution in [1.29, 1.82) is 0 Å². The third-order valence-electron chi connectivity index (χ3n) is 2.80. The first-order valence-corrected chi connectivity index (χ1v) is 9.53. The van der Waals surface area contributed by atoms with Crippen LogP contribution < -0.4 is 10.5 Å². The van der Waals surface area contributed by atoms with Crippen molar-refractivity contribution in [3.63, 3.8) is 0 Å². The van der Waals surface area contributed by atoms with E-state index >= 15 is 0 Å². The van der Waals surface area contributed by atoms with Crippen LogP contribution in [0.15, 0.2) is 17.0 Å². The fraction of sp³-hybridized carbons (Fsp3) is 0.455. The highest BCUT2D eigenvalue weighted by atomic mass is 35.5. The van der Waals surface area contributed by atoms with Crippen molar-refractivity contribution in [2.24, 2.45) is 0 Å². The SMILES string of the molecule is CCS(=O)(=O)CCNS(=O)(=O)c1cc(Cl)cc(N)c1C. The molecular weight excluding hydrogens is 324 g/mol. The van der Waals surface area contributed by atoms with Crippen molar-refractivity contribution in [2.75, 3.05) is 23.8 Å². The number of nitrogens with one attached hydrogen (secondary N) is 1. The van der Waals surface area contributed by atoms with Gasteiger partial charge in [-0.1, -0.05) is 18.5 Å². The summed E-state index contributed by atoms with van der Waals surface area (Å²) in [5.74, 6) is -0.282. The van der Waals surface area contributed by atoms with Crippen LogP contribution in [-0.2, 0) is 19.9 Å². The molecule has 6 nitrogen and oxygen atoms in total. The Morgan fingerprint density at radius 2 is 1.85 bits per heavy atom. The maximum atomic E-state index is 12.1. The molecule has 0 aromatic heterocycles. The molecule has 1 rings (SSSR count). The van der Waals surface area contributed by atoms with E-state index in [0.29, 0.717) is 5.56 Å². The van der Waals surface area contributed by atoms with Crippen molar-refractivity contribution in [3.05, 3.63) is 22.7 Å². The molecule has 0 fully saturated rings. The zero-order chi connectivity index (χ0) is 15.6. The topological polar surface area (TPSA) is 106 Å². The van der Waals surface area contributed by atoms with Gasteiger partial charge in [-0.25, -0.2) is 21.6 Å². The van der Waals surface area contributed by atoms with Gasteiger partial charge >= 0.3 is 0 Å². The smallest absolute Gasteiger partial charge is 0.240 e. The number of benzene rings is 1. The second kappa shape index (κ2) is 6.30. The number of hydrogen-bond acceptors (Lipinski definition) is 5. The highest BCUT2D eigenvalue weighted by Gasteiger charge is 2.19. The number of halogens is 1. The highest BCUT2D eigenvalue weighted by Crippen LogP contribution is 2.25. The average Bonchev–Trinajstić information content (AvgIpc) is 2.33. The molecule has 9 heteroatoms. The maximum Gasteiger partial charge on any atom is 0.240 e. The molecule has 1 aromatic carbocycles. The minimum atomic E-state index is -3.85. The first-order valence-electron chi connectivity index (χ1n) is 5.85. The van der Waals surface area contributed by atoms with E-state index in [4.69, 9.17) is 17.3 Å². The molecule has 0 aliphatic carbocycles. The minimum Gasteiger partial charge on any atom is -0.398 e. The van der Waals surface area contributed by atoms with Crippen LogP contribution in [0.5, 0.6) is 0 Å². The molecule has 3 N–H and O–H groups in total. The summed E-state index contributed by atoms with van der Waals surface area (Å²) in [4.78, 5) is -0.0450. The van der Waals surface area contributed by atoms with E-state index in [0.717, 1.165) is 0 Å². The van der Waals surface area contributed by atoms with E-state index in [1.807, 2.05) is 0 Å². The number of nitrogens with two attached hydrogens (primary N) is 1. The molecule has 0 amide bonds. The van der Waals surface area contributed by atoms with E-state index in [-0.39, 0.29) is 33.7 Å². The van der Waals surface area contributed by atoms with Crippen LogP contribution in [0, 0.1) is 6.92 Å². The van der Waals surface area contributed by atoms with Gasteiger partial charge in [0.25, 0.3) is 0 Å². The average molecular weight is 341 g/mol. The van der Waals surface area contributed by atoms with E-state index in [1.165, 1.54) is 19.1 Å².